The third kappa shape index (κ3) is 5.59. The quantitative estimate of drug-likeness (QED) is 0.480. The molecule has 3 N–H and O–H groups in total. The van der Waals surface area contributed by atoms with E-state index in [9.17, 15) is 9.59 Å². The van der Waals surface area contributed by atoms with Gasteiger partial charge in [0.1, 0.15) is 5.82 Å². The Kier molecular flexibility index (Phi) is 6.71. The molecule has 1 saturated carbocycles. The van der Waals surface area contributed by atoms with Crippen molar-refractivity contribution in [3.8, 4) is 0 Å². The fourth-order valence-corrected chi connectivity index (χ4v) is 3.96. The van der Waals surface area contributed by atoms with Gasteiger partial charge in [-0.3, -0.25) is 9.59 Å². The van der Waals surface area contributed by atoms with E-state index in [-0.39, 0.29) is 18.2 Å². The topological polar surface area (TPSA) is 103 Å². The largest absolute Gasteiger partial charge is 0.370 e. The second-order valence-corrected chi connectivity index (χ2v) is 7.92. The summed E-state index contributed by atoms with van der Waals surface area (Å²) >= 11 is 1.37. The smallest absolute Gasteiger partial charge is 0.230 e. The summed E-state index contributed by atoms with van der Waals surface area (Å²) < 4.78 is 1.95. The third-order valence-electron chi connectivity index (χ3n) is 4.76. The monoisotopic (exact) mass is 377 g/mol. The zero-order valence-corrected chi connectivity index (χ0v) is 15.9. The molecule has 142 valence electrons. The Morgan fingerprint density at radius 1 is 1.31 bits per heavy atom. The molecule has 7 nitrogen and oxygen atoms in total. The summed E-state index contributed by atoms with van der Waals surface area (Å²) in [4.78, 5) is 23.2. The van der Waals surface area contributed by atoms with E-state index in [1.807, 2.05) is 4.57 Å². The fourth-order valence-electron chi connectivity index (χ4n) is 3.16. The zero-order chi connectivity index (χ0) is 18.4. The van der Waals surface area contributed by atoms with Gasteiger partial charge in [0, 0.05) is 25.4 Å². The predicted molar refractivity (Wildman–Crippen MR) is 101 cm³/mol. The van der Waals surface area contributed by atoms with Crippen molar-refractivity contribution >= 4 is 23.6 Å². The highest BCUT2D eigenvalue weighted by Crippen LogP contribution is 2.40. The molecular formula is C18H27N5O2S. The standard InChI is InChI=1S/C18H27N5O2S/c19-15(24)9-11-23-17(14-6-7-14)21-22-18(23)26-12-16(25)20-10-8-13-4-2-1-3-5-13/h4,14H,1-3,5-12H2,(H2,19,24)(H,20,25). The summed E-state index contributed by atoms with van der Waals surface area (Å²) in [5.74, 6) is 1.31. The van der Waals surface area contributed by atoms with Crippen LogP contribution in [0.3, 0.4) is 0 Å². The van der Waals surface area contributed by atoms with Gasteiger partial charge in [0.2, 0.25) is 11.8 Å². The maximum Gasteiger partial charge on any atom is 0.230 e. The van der Waals surface area contributed by atoms with Gasteiger partial charge in [0.05, 0.1) is 5.75 Å². The van der Waals surface area contributed by atoms with Crippen LogP contribution in [0.25, 0.3) is 0 Å². The molecule has 0 unspecified atom stereocenters. The van der Waals surface area contributed by atoms with E-state index >= 15 is 0 Å². The number of carbonyl (C=O) groups excluding carboxylic acids is 2. The average Bonchev–Trinajstić information content (AvgIpc) is 3.39. The van der Waals surface area contributed by atoms with Crippen LogP contribution >= 0.6 is 11.8 Å². The Morgan fingerprint density at radius 3 is 2.85 bits per heavy atom. The highest BCUT2D eigenvalue weighted by molar-refractivity contribution is 7.99. The van der Waals surface area contributed by atoms with E-state index in [2.05, 4.69) is 21.6 Å². The molecule has 2 amide bonds. The summed E-state index contributed by atoms with van der Waals surface area (Å²) in [7, 11) is 0. The number of primary amides is 1. The van der Waals surface area contributed by atoms with Gasteiger partial charge in [-0.05, 0) is 44.9 Å². The van der Waals surface area contributed by atoms with Crippen LogP contribution in [-0.4, -0.2) is 38.9 Å². The van der Waals surface area contributed by atoms with E-state index < -0.39 is 0 Å². The van der Waals surface area contributed by atoms with Crippen LogP contribution in [0.1, 0.15) is 63.1 Å². The Labute approximate surface area is 158 Å². The van der Waals surface area contributed by atoms with E-state index in [0.717, 1.165) is 31.5 Å². The van der Waals surface area contributed by atoms with Crippen molar-refractivity contribution in [2.24, 2.45) is 5.73 Å². The van der Waals surface area contributed by atoms with Gasteiger partial charge in [-0.25, -0.2) is 0 Å². The molecule has 1 fully saturated rings. The first-order chi connectivity index (χ1) is 12.6. The van der Waals surface area contributed by atoms with Crippen molar-refractivity contribution in [2.75, 3.05) is 12.3 Å². The third-order valence-corrected chi connectivity index (χ3v) is 5.72. The van der Waals surface area contributed by atoms with Gasteiger partial charge >= 0.3 is 0 Å². The van der Waals surface area contributed by atoms with Crippen molar-refractivity contribution in [1.82, 2.24) is 20.1 Å². The Balaban J connectivity index is 1.46. The number of hydrogen-bond acceptors (Lipinski definition) is 5. The lowest BCUT2D eigenvalue weighted by Crippen LogP contribution is -2.26. The first-order valence-corrected chi connectivity index (χ1v) is 10.4. The van der Waals surface area contributed by atoms with Crippen LogP contribution in [0, 0.1) is 0 Å². The number of nitrogens with zero attached hydrogens (tertiary/aromatic N) is 3. The van der Waals surface area contributed by atoms with Crippen LogP contribution in [0.15, 0.2) is 16.8 Å². The van der Waals surface area contributed by atoms with Crippen LogP contribution < -0.4 is 11.1 Å². The lowest BCUT2D eigenvalue weighted by atomic mass is 9.97. The van der Waals surface area contributed by atoms with Gasteiger partial charge in [-0.15, -0.1) is 10.2 Å². The van der Waals surface area contributed by atoms with Gasteiger partial charge in [-0.2, -0.15) is 0 Å². The van der Waals surface area contributed by atoms with E-state index in [0.29, 0.717) is 29.9 Å². The number of hydrogen-bond donors (Lipinski definition) is 2. The van der Waals surface area contributed by atoms with Crippen molar-refractivity contribution in [2.45, 2.75) is 69.0 Å². The van der Waals surface area contributed by atoms with Crippen LogP contribution in [-0.2, 0) is 16.1 Å². The van der Waals surface area contributed by atoms with E-state index in [4.69, 9.17) is 5.73 Å². The Bertz CT molecular complexity index is 681. The Morgan fingerprint density at radius 2 is 2.15 bits per heavy atom. The van der Waals surface area contributed by atoms with E-state index in [1.54, 1.807) is 0 Å². The molecule has 2 aliphatic carbocycles. The maximum absolute atomic E-state index is 12.1. The summed E-state index contributed by atoms with van der Waals surface area (Å²) in [6.07, 6.45) is 10.6. The van der Waals surface area contributed by atoms with Gasteiger partial charge < -0.3 is 15.6 Å². The molecule has 0 aliphatic heterocycles. The first-order valence-electron chi connectivity index (χ1n) is 9.42. The predicted octanol–water partition coefficient (Wildman–Crippen LogP) is 2.13. The summed E-state index contributed by atoms with van der Waals surface area (Å²) in [5.41, 5.74) is 6.73. The molecule has 2 aliphatic rings. The van der Waals surface area contributed by atoms with E-state index in [1.165, 1.54) is 36.6 Å². The van der Waals surface area contributed by atoms with Crippen molar-refractivity contribution in [1.29, 1.82) is 0 Å². The molecule has 3 rings (SSSR count). The molecule has 0 radical (unpaired) electrons. The number of allylic oxidation sites excluding steroid dienone is 1. The second kappa shape index (κ2) is 9.21. The summed E-state index contributed by atoms with van der Waals surface area (Å²) in [5, 5.41) is 12.1. The fraction of sp³-hybridized carbons (Fsp3) is 0.667. The minimum atomic E-state index is -0.342. The number of carbonyl (C=O) groups is 2. The van der Waals surface area contributed by atoms with Gasteiger partial charge in [0.15, 0.2) is 5.16 Å². The number of rotatable bonds is 10. The highest BCUT2D eigenvalue weighted by Gasteiger charge is 2.30. The molecule has 1 aromatic heterocycles. The van der Waals surface area contributed by atoms with Crippen LogP contribution in [0.4, 0.5) is 0 Å². The van der Waals surface area contributed by atoms with Crippen molar-refractivity contribution in [3.05, 3.63) is 17.5 Å². The first kappa shape index (κ1) is 18.9. The highest BCUT2D eigenvalue weighted by atomic mass is 32.2. The molecule has 0 atom stereocenters. The average molecular weight is 378 g/mol. The number of amides is 2. The summed E-state index contributed by atoms with van der Waals surface area (Å²) in [6, 6.07) is 0. The Hall–Kier alpha value is -1.83. The molecule has 8 heteroatoms. The lowest BCUT2D eigenvalue weighted by Gasteiger charge is -2.13. The van der Waals surface area contributed by atoms with Gasteiger partial charge in [-0.1, -0.05) is 23.4 Å². The summed E-state index contributed by atoms with van der Waals surface area (Å²) in [6.45, 7) is 1.17. The number of nitrogens with one attached hydrogen (secondary N) is 1. The molecule has 0 spiro atoms. The molecule has 0 aromatic carbocycles. The minimum absolute atomic E-state index is 0.00355. The molecule has 0 bridgehead atoms. The van der Waals surface area contributed by atoms with Crippen LogP contribution in [0.2, 0.25) is 0 Å². The number of thioether (sulfide) groups is 1. The number of nitrogens with two attached hydrogens (primary N) is 1. The lowest BCUT2D eigenvalue weighted by molar-refractivity contribution is -0.119. The van der Waals surface area contributed by atoms with Gasteiger partial charge in [0.25, 0.3) is 0 Å². The molecule has 1 aromatic rings. The molecule has 0 saturated heterocycles. The molecular weight excluding hydrogens is 350 g/mol. The van der Waals surface area contributed by atoms with Crippen molar-refractivity contribution in [3.63, 3.8) is 0 Å². The maximum atomic E-state index is 12.1. The van der Waals surface area contributed by atoms with Crippen LogP contribution in [0.5, 0.6) is 0 Å². The molecule has 26 heavy (non-hydrogen) atoms. The SMILES string of the molecule is NC(=O)CCn1c(SCC(=O)NCCC2=CCCCC2)nnc1C1CC1. The zero-order valence-electron chi connectivity index (χ0n) is 15.1. The second-order valence-electron chi connectivity index (χ2n) is 6.98. The van der Waals surface area contributed by atoms with Crippen molar-refractivity contribution < 1.29 is 9.59 Å². The number of aromatic nitrogens is 3. The molecule has 1 heterocycles. The normalized spacial score (nSPS) is 17.0. The minimum Gasteiger partial charge on any atom is -0.370 e.